The number of hydrogen-bond donors (Lipinski definition) is 2. The third-order valence-corrected chi connectivity index (χ3v) is 3.40. The Morgan fingerprint density at radius 3 is 2.53 bits per heavy atom. The Bertz CT molecular complexity index is 754. The average Bonchev–Trinajstić information content (AvgIpc) is 2.90. The summed E-state index contributed by atoms with van der Waals surface area (Å²) in [5.74, 6) is 3.42. The van der Waals surface area contributed by atoms with Gasteiger partial charge in [0.2, 0.25) is 0 Å². The topological polar surface area (TPSA) is 66.7 Å². The van der Waals surface area contributed by atoms with Gasteiger partial charge in [-0.2, -0.15) is 0 Å². The molecule has 0 spiro atoms. The zero-order chi connectivity index (χ0) is 13.6. The molecule has 0 saturated heterocycles. The number of aryl methyl sites for hydroxylation is 2. The summed E-state index contributed by atoms with van der Waals surface area (Å²) < 4.78 is 5.65. The molecule has 5 heteroatoms. The Hall–Kier alpha value is -2.30. The van der Waals surface area contributed by atoms with Crippen LogP contribution >= 0.6 is 0 Å². The van der Waals surface area contributed by atoms with E-state index in [-0.39, 0.29) is 0 Å². The van der Waals surface area contributed by atoms with Crippen LogP contribution in [0.4, 0.5) is 5.82 Å². The zero-order valence-corrected chi connectivity index (χ0v) is 11.5. The second-order valence-electron chi connectivity index (χ2n) is 4.62. The summed E-state index contributed by atoms with van der Waals surface area (Å²) in [6, 6.07) is 3.90. The van der Waals surface area contributed by atoms with Crippen molar-refractivity contribution in [1.29, 1.82) is 0 Å². The molecule has 3 aromatic rings. The molecule has 0 aromatic carbocycles. The Labute approximate surface area is 111 Å². The van der Waals surface area contributed by atoms with Gasteiger partial charge in [-0.05, 0) is 32.9 Å². The van der Waals surface area contributed by atoms with E-state index in [0.717, 1.165) is 39.8 Å². The number of nitrogens with zero attached hydrogens (tertiary/aromatic N) is 2. The average molecular weight is 256 g/mol. The normalized spacial score (nSPS) is 11.2. The highest BCUT2D eigenvalue weighted by molar-refractivity contribution is 5.79. The lowest BCUT2D eigenvalue weighted by atomic mass is 10.1. The highest BCUT2D eigenvalue weighted by Crippen LogP contribution is 2.30. The number of anilines is 1. The molecule has 3 heterocycles. The van der Waals surface area contributed by atoms with E-state index in [4.69, 9.17) is 4.42 Å². The lowest BCUT2D eigenvalue weighted by molar-refractivity contribution is 0.503. The van der Waals surface area contributed by atoms with Crippen LogP contribution in [0, 0.1) is 20.8 Å². The highest BCUT2D eigenvalue weighted by Gasteiger charge is 2.16. The fraction of sp³-hybridized carbons (Fsp3) is 0.286. The first kappa shape index (κ1) is 11.8. The second kappa shape index (κ2) is 4.12. The molecule has 19 heavy (non-hydrogen) atoms. The summed E-state index contributed by atoms with van der Waals surface area (Å²) in [5, 5.41) is 3.01. The Morgan fingerprint density at radius 2 is 1.89 bits per heavy atom. The van der Waals surface area contributed by atoms with Gasteiger partial charge in [0.15, 0.2) is 5.65 Å². The van der Waals surface area contributed by atoms with E-state index in [2.05, 4.69) is 20.3 Å². The lowest BCUT2D eigenvalue weighted by Crippen LogP contribution is -1.91. The molecule has 0 bridgehead atoms. The van der Waals surface area contributed by atoms with E-state index in [0.29, 0.717) is 5.65 Å². The number of nitrogens with one attached hydrogen (secondary N) is 2. The van der Waals surface area contributed by atoms with Crippen molar-refractivity contribution in [2.75, 3.05) is 12.4 Å². The number of H-pyrrole nitrogens is 1. The van der Waals surface area contributed by atoms with Gasteiger partial charge in [0.1, 0.15) is 23.2 Å². The fourth-order valence-corrected chi connectivity index (χ4v) is 2.29. The van der Waals surface area contributed by atoms with Crippen LogP contribution in [-0.4, -0.2) is 22.0 Å². The first-order valence-electron chi connectivity index (χ1n) is 6.21. The van der Waals surface area contributed by atoms with Gasteiger partial charge in [-0.1, -0.05) is 0 Å². The molecule has 0 fully saturated rings. The summed E-state index contributed by atoms with van der Waals surface area (Å²) in [7, 11) is 1.84. The minimum absolute atomic E-state index is 0.708. The molecule has 5 nitrogen and oxygen atoms in total. The lowest BCUT2D eigenvalue weighted by Gasteiger charge is -1.95. The predicted octanol–water partition coefficient (Wildman–Crippen LogP) is 3.18. The van der Waals surface area contributed by atoms with Crippen LogP contribution in [0.2, 0.25) is 0 Å². The summed E-state index contributed by atoms with van der Waals surface area (Å²) in [5.41, 5.74) is 3.78. The SMILES string of the molecule is CNc1ccc2[nH]c(-c3c(C)oc(C)c3C)nc2n1. The Balaban J connectivity index is 2.20. The Morgan fingerprint density at radius 1 is 1.11 bits per heavy atom. The predicted molar refractivity (Wildman–Crippen MR) is 75.3 cm³/mol. The number of pyridine rings is 1. The van der Waals surface area contributed by atoms with Crippen molar-refractivity contribution in [3.8, 4) is 11.4 Å². The minimum atomic E-state index is 0.708. The monoisotopic (exact) mass is 256 g/mol. The fourth-order valence-electron chi connectivity index (χ4n) is 2.29. The van der Waals surface area contributed by atoms with Gasteiger partial charge in [0.25, 0.3) is 0 Å². The first-order chi connectivity index (χ1) is 9.10. The van der Waals surface area contributed by atoms with Crippen LogP contribution in [0.3, 0.4) is 0 Å². The second-order valence-corrected chi connectivity index (χ2v) is 4.62. The smallest absolute Gasteiger partial charge is 0.180 e. The molecular weight excluding hydrogens is 240 g/mol. The van der Waals surface area contributed by atoms with Crippen LogP contribution in [-0.2, 0) is 0 Å². The van der Waals surface area contributed by atoms with Gasteiger partial charge in [-0.25, -0.2) is 9.97 Å². The number of fused-ring (bicyclic) bond motifs is 1. The maximum absolute atomic E-state index is 5.65. The molecule has 98 valence electrons. The highest BCUT2D eigenvalue weighted by atomic mass is 16.3. The quantitative estimate of drug-likeness (QED) is 0.739. The molecular formula is C14H16N4O. The van der Waals surface area contributed by atoms with Crippen molar-refractivity contribution in [1.82, 2.24) is 15.0 Å². The van der Waals surface area contributed by atoms with E-state index in [9.17, 15) is 0 Å². The van der Waals surface area contributed by atoms with E-state index >= 15 is 0 Å². The van der Waals surface area contributed by atoms with Crippen molar-refractivity contribution in [2.45, 2.75) is 20.8 Å². The summed E-state index contributed by atoms with van der Waals surface area (Å²) in [6.45, 7) is 5.96. The van der Waals surface area contributed by atoms with Crippen molar-refractivity contribution in [3.05, 3.63) is 29.2 Å². The van der Waals surface area contributed by atoms with Crippen LogP contribution in [0.15, 0.2) is 16.5 Å². The van der Waals surface area contributed by atoms with Crippen molar-refractivity contribution >= 4 is 17.0 Å². The van der Waals surface area contributed by atoms with Crippen molar-refractivity contribution < 1.29 is 4.42 Å². The maximum atomic E-state index is 5.65. The zero-order valence-electron chi connectivity index (χ0n) is 11.5. The molecule has 0 radical (unpaired) electrons. The summed E-state index contributed by atoms with van der Waals surface area (Å²) >= 11 is 0. The largest absolute Gasteiger partial charge is 0.466 e. The van der Waals surface area contributed by atoms with Gasteiger partial charge in [0, 0.05) is 12.6 Å². The van der Waals surface area contributed by atoms with Crippen molar-refractivity contribution in [3.63, 3.8) is 0 Å². The van der Waals surface area contributed by atoms with Gasteiger partial charge in [-0.15, -0.1) is 0 Å². The molecule has 3 rings (SSSR count). The van der Waals surface area contributed by atoms with Crippen LogP contribution in [0.5, 0.6) is 0 Å². The molecule has 0 aliphatic heterocycles. The third-order valence-electron chi connectivity index (χ3n) is 3.40. The number of furan rings is 1. The van der Waals surface area contributed by atoms with Gasteiger partial charge in [0.05, 0.1) is 11.1 Å². The van der Waals surface area contributed by atoms with Crippen LogP contribution < -0.4 is 5.32 Å². The van der Waals surface area contributed by atoms with Crippen molar-refractivity contribution in [2.24, 2.45) is 0 Å². The third kappa shape index (κ3) is 1.78. The number of aromatic amines is 1. The molecule has 2 N–H and O–H groups in total. The minimum Gasteiger partial charge on any atom is -0.466 e. The number of hydrogen-bond acceptors (Lipinski definition) is 4. The van der Waals surface area contributed by atoms with E-state index in [1.54, 1.807) is 0 Å². The standard InChI is InChI=1S/C14H16N4O/c1-7-8(2)19-9(3)12(7)14-16-10-5-6-11(15-4)17-13(10)18-14/h5-6H,1-4H3,(H2,15,16,17,18). The number of rotatable bonds is 2. The van der Waals surface area contributed by atoms with E-state index in [1.807, 2.05) is 40.0 Å². The van der Waals surface area contributed by atoms with Gasteiger partial charge in [-0.3, -0.25) is 0 Å². The van der Waals surface area contributed by atoms with Crippen LogP contribution in [0.25, 0.3) is 22.6 Å². The Kier molecular flexibility index (Phi) is 2.55. The van der Waals surface area contributed by atoms with E-state index in [1.165, 1.54) is 0 Å². The molecule has 0 saturated carbocycles. The summed E-state index contributed by atoms with van der Waals surface area (Å²) in [4.78, 5) is 12.3. The number of aromatic nitrogens is 3. The maximum Gasteiger partial charge on any atom is 0.180 e. The molecule has 3 aromatic heterocycles. The molecule has 0 aliphatic rings. The first-order valence-corrected chi connectivity index (χ1v) is 6.21. The molecule has 0 aliphatic carbocycles. The van der Waals surface area contributed by atoms with E-state index < -0.39 is 0 Å². The molecule has 0 unspecified atom stereocenters. The van der Waals surface area contributed by atoms with Crippen LogP contribution in [0.1, 0.15) is 17.1 Å². The molecule has 0 amide bonds. The van der Waals surface area contributed by atoms with Gasteiger partial charge < -0.3 is 14.7 Å². The number of imidazole rings is 1. The van der Waals surface area contributed by atoms with Gasteiger partial charge >= 0.3 is 0 Å². The summed E-state index contributed by atoms with van der Waals surface area (Å²) in [6.07, 6.45) is 0. The molecule has 0 atom stereocenters.